The standard InChI is InChI=1S/C16H22N2/c1-12(2)18(3)11-16(17)15-10-6-8-13-7-4-5-9-14(13)15/h4-10,12,16H,11,17H2,1-3H3. The van der Waals surface area contributed by atoms with Crippen LogP contribution in [0.15, 0.2) is 42.5 Å². The first kappa shape index (κ1) is 13.1. The van der Waals surface area contributed by atoms with Gasteiger partial charge in [0.05, 0.1) is 0 Å². The normalized spacial score (nSPS) is 13.4. The fraction of sp³-hybridized carbons (Fsp3) is 0.375. The van der Waals surface area contributed by atoms with Gasteiger partial charge < -0.3 is 10.6 Å². The molecule has 2 aromatic carbocycles. The lowest BCUT2D eigenvalue weighted by Crippen LogP contribution is -2.33. The summed E-state index contributed by atoms with van der Waals surface area (Å²) in [5, 5.41) is 2.53. The molecule has 0 heterocycles. The molecule has 2 rings (SSSR count). The summed E-state index contributed by atoms with van der Waals surface area (Å²) in [5.74, 6) is 0. The number of likely N-dealkylation sites (N-methyl/N-ethyl adjacent to an activating group) is 1. The van der Waals surface area contributed by atoms with E-state index < -0.39 is 0 Å². The van der Waals surface area contributed by atoms with Gasteiger partial charge in [-0.2, -0.15) is 0 Å². The number of rotatable bonds is 4. The zero-order valence-electron chi connectivity index (χ0n) is 11.4. The van der Waals surface area contributed by atoms with Crippen molar-refractivity contribution >= 4 is 10.8 Å². The second-order valence-corrected chi connectivity index (χ2v) is 5.21. The van der Waals surface area contributed by atoms with Crippen molar-refractivity contribution in [1.29, 1.82) is 0 Å². The van der Waals surface area contributed by atoms with Crippen LogP contribution in [-0.4, -0.2) is 24.5 Å². The van der Waals surface area contributed by atoms with Crippen molar-refractivity contribution in [1.82, 2.24) is 4.90 Å². The zero-order valence-corrected chi connectivity index (χ0v) is 11.4. The van der Waals surface area contributed by atoms with E-state index in [0.29, 0.717) is 6.04 Å². The molecule has 0 aliphatic rings. The zero-order chi connectivity index (χ0) is 13.1. The molecule has 0 radical (unpaired) electrons. The average Bonchev–Trinajstić information content (AvgIpc) is 2.37. The van der Waals surface area contributed by atoms with Crippen molar-refractivity contribution in [3.8, 4) is 0 Å². The van der Waals surface area contributed by atoms with E-state index >= 15 is 0 Å². The van der Waals surface area contributed by atoms with E-state index in [-0.39, 0.29) is 6.04 Å². The second kappa shape index (κ2) is 5.51. The summed E-state index contributed by atoms with van der Waals surface area (Å²) in [5.41, 5.74) is 7.59. The van der Waals surface area contributed by atoms with Crippen LogP contribution in [0, 0.1) is 0 Å². The van der Waals surface area contributed by atoms with E-state index in [1.54, 1.807) is 0 Å². The van der Waals surface area contributed by atoms with Gasteiger partial charge in [0.25, 0.3) is 0 Å². The molecule has 2 nitrogen and oxygen atoms in total. The quantitative estimate of drug-likeness (QED) is 0.892. The number of hydrogen-bond donors (Lipinski definition) is 1. The van der Waals surface area contributed by atoms with E-state index in [4.69, 9.17) is 5.73 Å². The van der Waals surface area contributed by atoms with Crippen LogP contribution in [0.4, 0.5) is 0 Å². The Hall–Kier alpha value is -1.38. The summed E-state index contributed by atoms with van der Waals surface area (Å²) in [6, 6.07) is 15.4. The third-order valence-electron chi connectivity index (χ3n) is 3.59. The highest BCUT2D eigenvalue weighted by atomic mass is 15.1. The van der Waals surface area contributed by atoms with Crippen molar-refractivity contribution < 1.29 is 0 Å². The Kier molecular flexibility index (Phi) is 4.00. The number of benzene rings is 2. The molecule has 1 unspecified atom stereocenters. The summed E-state index contributed by atoms with van der Waals surface area (Å²) in [7, 11) is 2.12. The molecular weight excluding hydrogens is 220 g/mol. The van der Waals surface area contributed by atoms with Gasteiger partial charge in [0.1, 0.15) is 0 Å². The summed E-state index contributed by atoms with van der Waals surface area (Å²) in [6.45, 7) is 5.26. The van der Waals surface area contributed by atoms with Gasteiger partial charge in [-0.05, 0) is 37.2 Å². The molecule has 2 N–H and O–H groups in total. The minimum absolute atomic E-state index is 0.0588. The maximum Gasteiger partial charge on any atom is 0.0430 e. The largest absolute Gasteiger partial charge is 0.323 e. The van der Waals surface area contributed by atoms with Gasteiger partial charge in [-0.15, -0.1) is 0 Å². The van der Waals surface area contributed by atoms with Gasteiger partial charge in [-0.25, -0.2) is 0 Å². The van der Waals surface area contributed by atoms with Gasteiger partial charge in [0.15, 0.2) is 0 Å². The molecule has 0 amide bonds. The van der Waals surface area contributed by atoms with E-state index in [1.165, 1.54) is 16.3 Å². The van der Waals surface area contributed by atoms with Crippen molar-refractivity contribution in [3.63, 3.8) is 0 Å². The first-order valence-electron chi connectivity index (χ1n) is 6.53. The summed E-state index contributed by atoms with van der Waals surface area (Å²) in [4.78, 5) is 2.28. The molecule has 2 heteroatoms. The molecule has 0 fully saturated rings. The van der Waals surface area contributed by atoms with Crippen LogP contribution < -0.4 is 5.73 Å². The van der Waals surface area contributed by atoms with Gasteiger partial charge in [-0.1, -0.05) is 42.5 Å². The summed E-state index contributed by atoms with van der Waals surface area (Å²) < 4.78 is 0. The predicted molar refractivity (Wildman–Crippen MR) is 78.6 cm³/mol. The molecule has 18 heavy (non-hydrogen) atoms. The number of nitrogens with two attached hydrogens (primary N) is 1. The van der Waals surface area contributed by atoms with E-state index in [1.807, 2.05) is 0 Å². The molecule has 0 aliphatic carbocycles. The Labute approximate surface area is 109 Å². The van der Waals surface area contributed by atoms with Crippen molar-refractivity contribution in [3.05, 3.63) is 48.0 Å². The third-order valence-corrected chi connectivity index (χ3v) is 3.59. The van der Waals surface area contributed by atoms with Gasteiger partial charge in [0, 0.05) is 18.6 Å². The van der Waals surface area contributed by atoms with Crippen LogP contribution in [0.25, 0.3) is 10.8 Å². The van der Waals surface area contributed by atoms with Crippen molar-refractivity contribution in [2.75, 3.05) is 13.6 Å². The number of fused-ring (bicyclic) bond motifs is 1. The summed E-state index contributed by atoms with van der Waals surface area (Å²) >= 11 is 0. The van der Waals surface area contributed by atoms with Crippen LogP contribution in [0.1, 0.15) is 25.5 Å². The highest BCUT2D eigenvalue weighted by Gasteiger charge is 2.13. The monoisotopic (exact) mass is 242 g/mol. The lowest BCUT2D eigenvalue weighted by atomic mass is 9.99. The smallest absolute Gasteiger partial charge is 0.0430 e. The van der Waals surface area contributed by atoms with E-state index in [2.05, 4.69) is 68.3 Å². The minimum atomic E-state index is 0.0588. The van der Waals surface area contributed by atoms with E-state index in [9.17, 15) is 0 Å². The number of hydrogen-bond acceptors (Lipinski definition) is 2. The molecule has 1 atom stereocenters. The highest BCUT2D eigenvalue weighted by Crippen LogP contribution is 2.23. The Bertz CT molecular complexity index is 514. The molecule has 0 aliphatic heterocycles. The maximum absolute atomic E-state index is 6.36. The van der Waals surface area contributed by atoms with E-state index in [0.717, 1.165) is 6.54 Å². The molecule has 0 aromatic heterocycles. The fourth-order valence-electron chi connectivity index (χ4n) is 2.19. The molecule has 96 valence electrons. The molecule has 0 spiro atoms. The Morgan fingerprint density at radius 1 is 1.06 bits per heavy atom. The fourth-order valence-corrected chi connectivity index (χ4v) is 2.19. The van der Waals surface area contributed by atoms with Gasteiger partial charge in [-0.3, -0.25) is 0 Å². The Morgan fingerprint density at radius 2 is 1.72 bits per heavy atom. The molecule has 2 aromatic rings. The van der Waals surface area contributed by atoms with Crippen molar-refractivity contribution in [2.24, 2.45) is 5.73 Å². The first-order valence-corrected chi connectivity index (χ1v) is 6.53. The van der Waals surface area contributed by atoms with Crippen LogP contribution in [-0.2, 0) is 0 Å². The number of nitrogens with zero attached hydrogens (tertiary/aromatic N) is 1. The van der Waals surface area contributed by atoms with Gasteiger partial charge >= 0.3 is 0 Å². The highest BCUT2D eigenvalue weighted by molar-refractivity contribution is 5.86. The average molecular weight is 242 g/mol. The Morgan fingerprint density at radius 3 is 2.44 bits per heavy atom. The minimum Gasteiger partial charge on any atom is -0.323 e. The van der Waals surface area contributed by atoms with Crippen LogP contribution in [0.2, 0.25) is 0 Å². The van der Waals surface area contributed by atoms with Crippen LogP contribution in [0.5, 0.6) is 0 Å². The third kappa shape index (κ3) is 2.71. The maximum atomic E-state index is 6.36. The lowest BCUT2D eigenvalue weighted by Gasteiger charge is -2.25. The topological polar surface area (TPSA) is 29.3 Å². The molecule has 0 bridgehead atoms. The molecular formula is C16H22N2. The van der Waals surface area contributed by atoms with Crippen molar-refractivity contribution in [2.45, 2.75) is 25.9 Å². The summed E-state index contributed by atoms with van der Waals surface area (Å²) in [6.07, 6.45) is 0. The van der Waals surface area contributed by atoms with Crippen LogP contribution >= 0.6 is 0 Å². The SMILES string of the molecule is CC(C)N(C)CC(N)c1cccc2ccccc12. The predicted octanol–water partition coefficient (Wildman–Crippen LogP) is 3.18. The molecule has 0 saturated heterocycles. The Balaban J connectivity index is 2.30. The first-order chi connectivity index (χ1) is 8.59. The van der Waals surface area contributed by atoms with Gasteiger partial charge in [0.2, 0.25) is 0 Å². The van der Waals surface area contributed by atoms with Crippen LogP contribution in [0.3, 0.4) is 0 Å². The lowest BCUT2D eigenvalue weighted by molar-refractivity contribution is 0.258. The molecule has 0 saturated carbocycles. The second-order valence-electron chi connectivity index (χ2n) is 5.21.